The van der Waals surface area contributed by atoms with Crippen molar-refractivity contribution in [3.05, 3.63) is 17.1 Å². The van der Waals surface area contributed by atoms with Crippen molar-refractivity contribution in [3.8, 4) is 0 Å². The quantitative estimate of drug-likeness (QED) is 0.606. The molecular weight excluding hydrogens is 216 g/mol. The number of aryl methyl sites for hydroxylation is 1. The van der Waals surface area contributed by atoms with Crippen LogP contribution in [0.15, 0.2) is 0 Å². The van der Waals surface area contributed by atoms with Gasteiger partial charge in [-0.15, -0.1) is 0 Å². The number of nitrogens with zero attached hydrogens (tertiary/aromatic N) is 2. The summed E-state index contributed by atoms with van der Waals surface area (Å²) in [7, 11) is 1.68. The molecule has 0 amide bonds. The Morgan fingerprint density at radius 1 is 1.35 bits per heavy atom. The van der Waals surface area contributed by atoms with Crippen LogP contribution in [-0.4, -0.2) is 17.1 Å². The van der Waals surface area contributed by atoms with E-state index in [-0.39, 0.29) is 6.10 Å². The Morgan fingerprint density at radius 2 is 2.00 bits per heavy atom. The molecule has 0 spiro atoms. The molecule has 1 atom stereocenters. The van der Waals surface area contributed by atoms with Gasteiger partial charge in [0.25, 0.3) is 0 Å². The molecular formula is C12H22N4O. The maximum atomic E-state index is 5.48. The first-order valence-electron chi connectivity index (χ1n) is 5.91. The van der Waals surface area contributed by atoms with Gasteiger partial charge in [0.2, 0.25) is 0 Å². The molecule has 0 saturated carbocycles. The molecule has 0 aliphatic heterocycles. The third-order valence-corrected chi connectivity index (χ3v) is 2.85. The van der Waals surface area contributed by atoms with Crippen LogP contribution < -0.4 is 11.3 Å². The molecule has 5 nitrogen and oxygen atoms in total. The number of rotatable bonds is 5. The van der Waals surface area contributed by atoms with Crippen LogP contribution >= 0.6 is 0 Å². The Hall–Kier alpha value is -1.20. The average molecular weight is 238 g/mol. The number of aromatic nitrogens is 2. The predicted molar refractivity (Wildman–Crippen MR) is 68.5 cm³/mol. The van der Waals surface area contributed by atoms with Gasteiger partial charge in [-0.3, -0.25) is 0 Å². The van der Waals surface area contributed by atoms with Gasteiger partial charge < -0.3 is 10.2 Å². The van der Waals surface area contributed by atoms with E-state index in [0.29, 0.717) is 17.6 Å². The standard InChI is InChI=1S/C12H22N4O/c1-6-9-8(4)11(16-13)15-12(14-9)10(17-5)7(2)3/h7,10H,6,13H2,1-5H3,(H,14,15,16). The summed E-state index contributed by atoms with van der Waals surface area (Å²) < 4.78 is 5.44. The molecule has 17 heavy (non-hydrogen) atoms. The number of ether oxygens (including phenoxy) is 1. The van der Waals surface area contributed by atoms with Crippen LogP contribution in [0.3, 0.4) is 0 Å². The van der Waals surface area contributed by atoms with Crippen molar-refractivity contribution in [2.24, 2.45) is 11.8 Å². The van der Waals surface area contributed by atoms with Gasteiger partial charge >= 0.3 is 0 Å². The summed E-state index contributed by atoms with van der Waals surface area (Å²) in [6.07, 6.45) is 0.748. The van der Waals surface area contributed by atoms with E-state index in [4.69, 9.17) is 10.6 Å². The third-order valence-electron chi connectivity index (χ3n) is 2.85. The summed E-state index contributed by atoms with van der Waals surface area (Å²) in [6, 6.07) is 0. The fraction of sp³-hybridized carbons (Fsp3) is 0.667. The number of nitrogens with two attached hydrogens (primary N) is 1. The van der Waals surface area contributed by atoms with Crippen molar-refractivity contribution in [1.82, 2.24) is 9.97 Å². The van der Waals surface area contributed by atoms with Crippen molar-refractivity contribution in [2.75, 3.05) is 12.5 Å². The number of nitrogen functional groups attached to an aromatic ring is 1. The molecule has 0 aromatic carbocycles. The molecule has 1 heterocycles. The smallest absolute Gasteiger partial charge is 0.160 e. The second-order valence-corrected chi connectivity index (χ2v) is 4.40. The Bertz CT molecular complexity index is 354. The summed E-state index contributed by atoms with van der Waals surface area (Å²) >= 11 is 0. The van der Waals surface area contributed by atoms with E-state index in [0.717, 1.165) is 17.7 Å². The van der Waals surface area contributed by atoms with Crippen LogP contribution in [0, 0.1) is 12.8 Å². The maximum Gasteiger partial charge on any atom is 0.160 e. The van der Waals surface area contributed by atoms with E-state index < -0.39 is 0 Å². The van der Waals surface area contributed by atoms with Crippen molar-refractivity contribution in [2.45, 2.75) is 40.2 Å². The predicted octanol–water partition coefficient (Wildman–Crippen LogP) is 1.98. The van der Waals surface area contributed by atoms with E-state index in [2.05, 4.69) is 36.2 Å². The number of hydrazine groups is 1. The molecule has 1 aromatic heterocycles. The molecule has 1 aromatic rings. The number of hydrogen-bond donors (Lipinski definition) is 2. The van der Waals surface area contributed by atoms with Gasteiger partial charge in [0, 0.05) is 18.4 Å². The highest BCUT2D eigenvalue weighted by atomic mass is 16.5. The second-order valence-electron chi connectivity index (χ2n) is 4.40. The summed E-state index contributed by atoms with van der Waals surface area (Å²) in [4.78, 5) is 8.98. The van der Waals surface area contributed by atoms with Gasteiger partial charge in [-0.2, -0.15) is 0 Å². The molecule has 3 N–H and O–H groups in total. The SMILES string of the molecule is CCc1nc(C(OC)C(C)C)nc(NN)c1C. The zero-order valence-electron chi connectivity index (χ0n) is 11.2. The molecule has 0 bridgehead atoms. The lowest BCUT2D eigenvalue weighted by molar-refractivity contribution is 0.0574. The Morgan fingerprint density at radius 3 is 2.41 bits per heavy atom. The minimum Gasteiger partial charge on any atom is -0.373 e. The van der Waals surface area contributed by atoms with Gasteiger partial charge in [-0.25, -0.2) is 15.8 Å². The zero-order chi connectivity index (χ0) is 13.0. The van der Waals surface area contributed by atoms with Crippen LogP contribution in [0.25, 0.3) is 0 Å². The lowest BCUT2D eigenvalue weighted by Crippen LogP contribution is -2.18. The van der Waals surface area contributed by atoms with Crippen molar-refractivity contribution >= 4 is 5.82 Å². The van der Waals surface area contributed by atoms with E-state index >= 15 is 0 Å². The zero-order valence-corrected chi connectivity index (χ0v) is 11.2. The van der Waals surface area contributed by atoms with Gasteiger partial charge in [-0.05, 0) is 19.3 Å². The van der Waals surface area contributed by atoms with Gasteiger partial charge in [0.15, 0.2) is 5.82 Å². The monoisotopic (exact) mass is 238 g/mol. The molecule has 96 valence electrons. The third kappa shape index (κ3) is 2.92. The lowest BCUT2D eigenvalue weighted by Gasteiger charge is -2.20. The Kier molecular flexibility index (Phi) is 4.84. The summed E-state index contributed by atoms with van der Waals surface area (Å²) in [5.74, 6) is 7.17. The van der Waals surface area contributed by atoms with Gasteiger partial charge in [-0.1, -0.05) is 20.8 Å². The molecule has 1 unspecified atom stereocenters. The molecule has 1 rings (SSSR count). The van der Waals surface area contributed by atoms with Crippen LogP contribution in [0.4, 0.5) is 5.82 Å². The largest absolute Gasteiger partial charge is 0.373 e. The first-order valence-corrected chi connectivity index (χ1v) is 5.91. The lowest BCUT2D eigenvalue weighted by atomic mass is 10.1. The summed E-state index contributed by atoms with van der Waals surface area (Å²) in [5, 5.41) is 0. The topological polar surface area (TPSA) is 73.1 Å². The van der Waals surface area contributed by atoms with Gasteiger partial charge in [0.05, 0.1) is 0 Å². The molecule has 0 fully saturated rings. The molecule has 0 aliphatic rings. The first kappa shape index (κ1) is 13.9. The molecule has 0 aliphatic carbocycles. The Balaban J connectivity index is 3.24. The van der Waals surface area contributed by atoms with Crippen LogP contribution in [0.2, 0.25) is 0 Å². The number of nitrogens with one attached hydrogen (secondary N) is 1. The Labute approximate surface area is 103 Å². The fourth-order valence-electron chi connectivity index (χ4n) is 1.87. The van der Waals surface area contributed by atoms with Crippen LogP contribution in [-0.2, 0) is 11.2 Å². The normalized spacial score (nSPS) is 12.9. The second kappa shape index (κ2) is 5.93. The minimum absolute atomic E-state index is 0.104. The van der Waals surface area contributed by atoms with Gasteiger partial charge in [0.1, 0.15) is 11.9 Å². The molecule has 0 saturated heterocycles. The van der Waals surface area contributed by atoms with Crippen molar-refractivity contribution < 1.29 is 4.74 Å². The van der Waals surface area contributed by atoms with E-state index in [1.807, 2.05) is 6.92 Å². The number of anilines is 1. The molecule has 0 radical (unpaired) electrons. The van der Waals surface area contributed by atoms with E-state index in [9.17, 15) is 0 Å². The highest BCUT2D eigenvalue weighted by molar-refractivity contribution is 5.44. The van der Waals surface area contributed by atoms with Crippen molar-refractivity contribution in [1.29, 1.82) is 0 Å². The van der Waals surface area contributed by atoms with E-state index in [1.165, 1.54) is 0 Å². The maximum absolute atomic E-state index is 5.48. The average Bonchev–Trinajstić information content (AvgIpc) is 2.31. The van der Waals surface area contributed by atoms with E-state index in [1.54, 1.807) is 7.11 Å². The molecule has 5 heteroatoms. The summed E-state index contributed by atoms with van der Waals surface area (Å²) in [5.41, 5.74) is 4.62. The minimum atomic E-state index is -0.104. The fourth-order valence-corrected chi connectivity index (χ4v) is 1.87. The highest BCUT2D eigenvalue weighted by Crippen LogP contribution is 2.25. The summed E-state index contributed by atoms with van der Waals surface area (Å²) in [6.45, 7) is 8.20. The first-order chi connectivity index (χ1) is 8.04. The number of methoxy groups -OCH3 is 1. The van der Waals surface area contributed by atoms with Crippen molar-refractivity contribution in [3.63, 3.8) is 0 Å². The van der Waals surface area contributed by atoms with Crippen LogP contribution in [0.5, 0.6) is 0 Å². The highest BCUT2D eigenvalue weighted by Gasteiger charge is 2.20. The number of hydrogen-bond acceptors (Lipinski definition) is 5. The van der Waals surface area contributed by atoms with Crippen LogP contribution in [0.1, 0.15) is 44.0 Å².